The highest BCUT2D eigenvalue weighted by molar-refractivity contribution is 7.99. The Balaban J connectivity index is 2.13. The summed E-state index contributed by atoms with van der Waals surface area (Å²) in [5.41, 5.74) is 1.82. The molecule has 1 heterocycles. The topological polar surface area (TPSA) is 29.5 Å². The molecule has 4 heteroatoms. The van der Waals surface area contributed by atoms with E-state index in [-0.39, 0.29) is 0 Å². The minimum Gasteiger partial charge on any atom is -0.496 e. The molecule has 0 unspecified atom stereocenters. The van der Waals surface area contributed by atoms with Gasteiger partial charge in [0.1, 0.15) is 12.0 Å². The van der Waals surface area contributed by atoms with Crippen LogP contribution in [0.4, 0.5) is 0 Å². The Labute approximate surface area is 106 Å². The van der Waals surface area contributed by atoms with Crippen LogP contribution in [0.5, 0.6) is 5.75 Å². The van der Waals surface area contributed by atoms with Crippen molar-refractivity contribution in [3.8, 4) is 5.75 Å². The van der Waals surface area contributed by atoms with Crippen LogP contribution in [0.25, 0.3) is 0 Å². The van der Waals surface area contributed by atoms with Crippen molar-refractivity contribution in [3.63, 3.8) is 0 Å². The van der Waals surface area contributed by atoms with Crippen LogP contribution < -0.4 is 4.74 Å². The number of hydrogen-bond donors (Lipinski definition) is 0. The summed E-state index contributed by atoms with van der Waals surface area (Å²) in [4.78, 5) is 13.2. The van der Waals surface area contributed by atoms with E-state index in [0.717, 1.165) is 37.2 Å². The van der Waals surface area contributed by atoms with Gasteiger partial charge in [-0.1, -0.05) is 0 Å². The van der Waals surface area contributed by atoms with E-state index in [9.17, 15) is 4.79 Å². The number of carbonyl (C=O) groups excluding carboxylic acids is 1. The normalized spacial score (nSPS) is 16.8. The first-order valence-corrected chi connectivity index (χ1v) is 6.91. The van der Waals surface area contributed by atoms with E-state index in [0.29, 0.717) is 5.56 Å². The number of ether oxygens (including phenoxy) is 1. The SMILES string of the molecule is COc1ccc(C=O)cc1CN1CCSCC1. The monoisotopic (exact) mass is 251 g/mol. The lowest BCUT2D eigenvalue weighted by atomic mass is 10.1. The summed E-state index contributed by atoms with van der Waals surface area (Å²) < 4.78 is 5.34. The van der Waals surface area contributed by atoms with Gasteiger partial charge in [-0.3, -0.25) is 9.69 Å². The maximum atomic E-state index is 10.8. The summed E-state index contributed by atoms with van der Waals surface area (Å²) >= 11 is 2.00. The van der Waals surface area contributed by atoms with Crippen LogP contribution in [0.15, 0.2) is 18.2 Å². The standard InChI is InChI=1S/C13H17NO2S/c1-16-13-3-2-11(10-15)8-12(13)9-14-4-6-17-7-5-14/h2-3,8,10H,4-7,9H2,1H3. The molecule has 1 aromatic carbocycles. The van der Waals surface area contributed by atoms with E-state index in [1.54, 1.807) is 13.2 Å². The molecule has 17 heavy (non-hydrogen) atoms. The zero-order valence-electron chi connectivity index (χ0n) is 10.0. The van der Waals surface area contributed by atoms with Gasteiger partial charge in [-0.25, -0.2) is 0 Å². The summed E-state index contributed by atoms with van der Waals surface area (Å²) in [5, 5.41) is 0. The summed E-state index contributed by atoms with van der Waals surface area (Å²) in [6.07, 6.45) is 0.884. The molecule has 3 nitrogen and oxygen atoms in total. The summed E-state index contributed by atoms with van der Waals surface area (Å²) in [6, 6.07) is 5.59. The predicted octanol–water partition coefficient (Wildman–Crippen LogP) is 2.06. The molecule has 1 aliphatic heterocycles. The summed E-state index contributed by atoms with van der Waals surface area (Å²) in [6.45, 7) is 3.09. The quantitative estimate of drug-likeness (QED) is 0.766. The van der Waals surface area contributed by atoms with Gasteiger partial charge >= 0.3 is 0 Å². The van der Waals surface area contributed by atoms with Crippen LogP contribution in [0.1, 0.15) is 15.9 Å². The molecule has 1 saturated heterocycles. The average Bonchev–Trinajstić information content (AvgIpc) is 2.40. The van der Waals surface area contributed by atoms with E-state index >= 15 is 0 Å². The lowest BCUT2D eigenvalue weighted by Gasteiger charge is -2.26. The van der Waals surface area contributed by atoms with E-state index in [1.807, 2.05) is 23.9 Å². The highest BCUT2D eigenvalue weighted by Crippen LogP contribution is 2.22. The first-order valence-electron chi connectivity index (χ1n) is 5.75. The maximum absolute atomic E-state index is 10.8. The van der Waals surface area contributed by atoms with E-state index in [2.05, 4.69) is 4.90 Å². The Morgan fingerprint density at radius 1 is 1.41 bits per heavy atom. The number of methoxy groups -OCH3 is 1. The molecule has 2 rings (SSSR count). The minimum atomic E-state index is 0.715. The zero-order chi connectivity index (χ0) is 12.1. The molecule has 1 fully saturated rings. The third kappa shape index (κ3) is 3.23. The summed E-state index contributed by atoms with van der Waals surface area (Å²) in [7, 11) is 1.67. The molecule has 0 N–H and O–H groups in total. The Bertz CT molecular complexity index is 389. The third-order valence-electron chi connectivity index (χ3n) is 2.94. The molecule has 0 radical (unpaired) electrons. The molecule has 92 valence electrons. The Morgan fingerprint density at radius 2 is 2.18 bits per heavy atom. The first kappa shape index (κ1) is 12.5. The van der Waals surface area contributed by atoms with Gasteiger partial charge < -0.3 is 4.74 Å². The fourth-order valence-corrected chi connectivity index (χ4v) is 2.97. The molecule has 0 bridgehead atoms. The molecule has 0 amide bonds. The van der Waals surface area contributed by atoms with E-state index in [1.165, 1.54) is 11.5 Å². The van der Waals surface area contributed by atoms with Crippen LogP contribution >= 0.6 is 11.8 Å². The Kier molecular flexibility index (Phi) is 4.45. The van der Waals surface area contributed by atoms with Crippen molar-refractivity contribution >= 4 is 18.0 Å². The largest absolute Gasteiger partial charge is 0.496 e. The second kappa shape index (κ2) is 6.07. The fraction of sp³-hybridized carbons (Fsp3) is 0.462. The maximum Gasteiger partial charge on any atom is 0.150 e. The molecular weight excluding hydrogens is 234 g/mol. The lowest BCUT2D eigenvalue weighted by molar-refractivity contribution is 0.112. The molecule has 0 spiro atoms. The van der Waals surface area contributed by atoms with Crippen LogP contribution in [0.3, 0.4) is 0 Å². The molecule has 1 aliphatic rings. The van der Waals surface area contributed by atoms with Crippen molar-refractivity contribution in [2.24, 2.45) is 0 Å². The number of aldehydes is 1. The first-order chi connectivity index (χ1) is 8.33. The van der Waals surface area contributed by atoms with Gasteiger partial charge in [0.2, 0.25) is 0 Å². The van der Waals surface area contributed by atoms with Crippen molar-refractivity contribution in [2.75, 3.05) is 31.7 Å². The average molecular weight is 251 g/mol. The molecule has 0 aliphatic carbocycles. The smallest absolute Gasteiger partial charge is 0.150 e. The third-order valence-corrected chi connectivity index (χ3v) is 3.88. The predicted molar refractivity (Wildman–Crippen MR) is 71.0 cm³/mol. The van der Waals surface area contributed by atoms with Crippen LogP contribution in [-0.2, 0) is 6.54 Å². The number of hydrogen-bond acceptors (Lipinski definition) is 4. The molecule has 1 aromatic rings. The second-order valence-electron chi connectivity index (χ2n) is 4.08. The van der Waals surface area contributed by atoms with Gasteiger partial charge in [0, 0.05) is 42.3 Å². The highest BCUT2D eigenvalue weighted by atomic mass is 32.2. The molecule has 0 aromatic heterocycles. The fourth-order valence-electron chi connectivity index (χ4n) is 2.00. The molecular formula is C13H17NO2S. The lowest BCUT2D eigenvalue weighted by Crippen LogP contribution is -2.32. The molecule has 0 atom stereocenters. The number of thioether (sulfide) groups is 1. The van der Waals surface area contributed by atoms with Gasteiger partial charge in [0.25, 0.3) is 0 Å². The van der Waals surface area contributed by atoms with Crippen molar-refractivity contribution in [1.29, 1.82) is 0 Å². The number of nitrogens with zero attached hydrogens (tertiary/aromatic N) is 1. The zero-order valence-corrected chi connectivity index (χ0v) is 10.8. The van der Waals surface area contributed by atoms with Gasteiger partial charge in [0.05, 0.1) is 7.11 Å². The van der Waals surface area contributed by atoms with Gasteiger partial charge in [-0.2, -0.15) is 11.8 Å². The van der Waals surface area contributed by atoms with Gasteiger partial charge in [-0.15, -0.1) is 0 Å². The summed E-state index contributed by atoms with van der Waals surface area (Å²) in [5.74, 6) is 3.25. The Morgan fingerprint density at radius 3 is 2.82 bits per heavy atom. The van der Waals surface area contributed by atoms with Crippen molar-refractivity contribution in [2.45, 2.75) is 6.54 Å². The van der Waals surface area contributed by atoms with Crippen LogP contribution in [-0.4, -0.2) is 42.9 Å². The van der Waals surface area contributed by atoms with E-state index in [4.69, 9.17) is 4.74 Å². The van der Waals surface area contributed by atoms with Gasteiger partial charge in [0.15, 0.2) is 0 Å². The van der Waals surface area contributed by atoms with Crippen molar-refractivity contribution in [1.82, 2.24) is 4.90 Å². The number of benzene rings is 1. The van der Waals surface area contributed by atoms with E-state index < -0.39 is 0 Å². The number of carbonyl (C=O) groups is 1. The van der Waals surface area contributed by atoms with Crippen molar-refractivity contribution in [3.05, 3.63) is 29.3 Å². The Hall–Kier alpha value is -1.00. The van der Waals surface area contributed by atoms with Crippen molar-refractivity contribution < 1.29 is 9.53 Å². The minimum absolute atomic E-state index is 0.715. The number of rotatable bonds is 4. The highest BCUT2D eigenvalue weighted by Gasteiger charge is 2.13. The van der Waals surface area contributed by atoms with Crippen LogP contribution in [0.2, 0.25) is 0 Å². The van der Waals surface area contributed by atoms with Gasteiger partial charge in [-0.05, 0) is 18.2 Å². The van der Waals surface area contributed by atoms with Crippen LogP contribution in [0, 0.1) is 0 Å². The second-order valence-corrected chi connectivity index (χ2v) is 5.30. The molecule has 0 saturated carbocycles.